The van der Waals surface area contributed by atoms with Crippen LogP contribution in [-0.4, -0.2) is 22.8 Å². The number of carbonyl (C=O) groups is 1. The molecule has 2 aromatic heterocycles. The Morgan fingerprint density at radius 1 is 0.897 bits per heavy atom. The molecule has 2 heterocycles. The van der Waals surface area contributed by atoms with Crippen molar-refractivity contribution in [2.75, 3.05) is 6.61 Å². The SMILES string of the molecule is CC(C)(CO)CCCc1ccc(C=Cc2ccc(CCCC(C)(C)C(=O)O)s2)s1. The number of aliphatic carboxylic acids is 1. The molecule has 0 radical (unpaired) electrons. The summed E-state index contributed by atoms with van der Waals surface area (Å²) in [5.74, 6) is -0.722. The first-order chi connectivity index (χ1) is 13.6. The van der Waals surface area contributed by atoms with Crippen LogP contribution in [0.2, 0.25) is 0 Å². The second-order valence-electron chi connectivity index (χ2n) is 9.16. The molecule has 160 valence electrons. The Bertz CT molecular complexity index is 812. The van der Waals surface area contributed by atoms with Gasteiger partial charge in [0.25, 0.3) is 0 Å². The first-order valence-electron chi connectivity index (χ1n) is 10.3. The van der Waals surface area contributed by atoms with E-state index in [2.05, 4.69) is 50.3 Å². The molecule has 0 amide bonds. The van der Waals surface area contributed by atoms with Gasteiger partial charge in [0, 0.05) is 26.1 Å². The largest absolute Gasteiger partial charge is 0.481 e. The Balaban J connectivity index is 1.81. The van der Waals surface area contributed by atoms with Gasteiger partial charge in [-0.2, -0.15) is 0 Å². The zero-order valence-electron chi connectivity index (χ0n) is 18.0. The van der Waals surface area contributed by atoms with Crippen molar-refractivity contribution in [1.29, 1.82) is 0 Å². The lowest BCUT2D eigenvalue weighted by atomic mass is 9.87. The van der Waals surface area contributed by atoms with Crippen LogP contribution in [0.1, 0.15) is 72.9 Å². The van der Waals surface area contributed by atoms with Gasteiger partial charge in [-0.3, -0.25) is 4.79 Å². The number of aryl methyl sites for hydroxylation is 2. The van der Waals surface area contributed by atoms with E-state index in [0.717, 1.165) is 32.1 Å². The third-order valence-corrected chi connectivity index (χ3v) is 7.51. The molecule has 2 aromatic rings. The quantitative estimate of drug-likeness (QED) is 0.388. The molecule has 2 rings (SSSR count). The summed E-state index contributed by atoms with van der Waals surface area (Å²) in [6.45, 7) is 8.04. The van der Waals surface area contributed by atoms with Gasteiger partial charge in [0.15, 0.2) is 0 Å². The summed E-state index contributed by atoms with van der Waals surface area (Å²) in [5, 5.41) is 18.6. The van der Waals surface area contributed by atoms with Crippen LogP contribution in [0.15, 0.2) is 24.3 Å². The normalized spacial score (nSPS) is 12.7. The predicted molar refractivity (Wildman–Crippen MR) is 126 cm³/mol. The summed E-state index contributed by atoms with van der Waals surface area (Å²) in [6.07, 6.45) is 10.1. The van der Waals surface area contributed by atoms with E-state index in [9.17, 15) is 15.0 Å². The lowest BCUT2D eigenvalue weighted by Gasteiger charge is -2.20. The van der Waals surface area contributed by atoms with Gasteiger partial charge in [0.1, 0.15) is 0 Å². The zero-order chi connectivity index (χ0) is 21.5. The van der Waals surface area contributed by atoms with Gasteiger partial charge < -0.3 is 10.2 Å². The van der Waals surface area contributed by atoms with E-state index in [0.29, 0.717) is 6.42 Å². The number of aliphatic hydroxyl groups is 1. The Morgan fingerprint density at radius 2 is 1.38 bits per heavy atom. The molecule has 0 bridgehead atoms. The number of hydrogen-bond donors (Lipinski definition) is 2. The molecule has 0 aliphatic heterocycles. The monoisotopic (exact) mass is 434 g/mol. The van der Waals surface area contributed by atoms with E-state index in [-0.39, 0.29) is 12.0 Å². The lowest BCUT2D eigenvalue weighted by Crippen LogP contribution is -2.23. The van der Waals surface area contributed by atoms with Crippen LogP contribution in [0, 0.1) is 10.8 Å². The molecular weight excluding hydrogens is 400 g/mol. The average Bonchev–Trinajstić information content (AvgIpc) is 3.29. The van der Waals surface area contributed by atoms with Gasteiger partial charge in [-0.25, -0.2) is 0 Å². The minimum atomic E-state index is -0.722. The highest BCUT2D eigenvalue weighted by Gasteiger charge is 2.26. The van der Waals surface area contributed by atoms with Crippen molar-refractivity contribution in [2.24, 2.45) is 10.8 Å². The van der Waals surface area contributed by atoms with E-state index in [1.54, 1.807) is 25.2 Å². The van der Waals surface area contributed by atoms with Crippen molar-refractivity contribution >= 4 is 40.8 Å². The molecular formula is C24H34O3S2. The molecule has 0 atom stereocenters. The molecule has 3 nitrogen and oxygen atoms in total. The Kier molecular flexibility index (Phi) is 8.68. The Morgan fingerprint density at radius 3 is 1.83 bits per heavy atom. The summed E-state index contributed by atoms with van der Waals surface area (Å²) in [5.41, 5.74) is -0.634. The topological polar surface area (TPSA) is 57.5 Å². The third kappa shape index (κ3) is 8.07. The first kappa shape index (κ1) is 23.8. The summed E-state index contributed by atoms with van der Waals surface area (Å²) in [4.78, 5) is 16.4. The molecule has 29 heavy (non-hydrogen) atoms. The van der Waals surface area contributed by atoms with Crippen molar-refractivity contribution in [3.05, 3.63) is 43.8 Å². The fourth-order valence-electron chi connectivity index (χ4n) is 3.03. The second-order valence-corrected chi connectivity index (χ2v) is 11.6. The van der Waals surface area contributed by atoms with Crippen molar-refractivity contribution < 1.29 is 15.0 Å². The maximum atomic E-state index is 11.2. The van der Waals surface area contributed by atoms with Crippen LogP contribution in [0.3, 0.4) is 0 Å². The number of thiophene rings is 2. The van der Waals surface area contributed by atoms with Crippen molar-refractivity contribution in [1.82, 2.24) is 0 Å². The van der Waals surface area contributed by atoms with E-state index >= 15 is 0 Å². The molecule has 0 aliphatic carbocycles. The van der Waals surface area contributed by atoms with Gasteiger partial charge in [0.2, 0.25) is 0 Å². The Labute approximate surface area is 183 Å². The van der Waals surface area contributed by atoms with Gasteiger partial charge in [-0.1, -0.05) is 13.8 Å². The molecule has 0 saturated heterocycles. The highest BCUT2D eigenvalue weighted by Crippen LogP contribution is 2.28. The van der Waals surface area contributed by atoms with E-state index in [1.165, 1.54) is 19.5 Å². The molecule has 0 saturated carbocycles. The highest BCUT2D eigenvalue weighted by atomic mass is 32.1. The van der Waals surface area contributed by atoms with Gasteiger partial charge in [0.05, 0.1) is 5.41 Å². The molecule has 0 unspecified atom stereocenters. The van der Waals surface area contributed by atoms with Gasteiger partial charge in [-0.05, 0) is 94.2 Å². The van der Waals surface area contributed by atoms with Gasteiger partial charge in [-0.15, -0.1) is 22.7 Å². The fraction of sp³-hybridized carbons (Fsp3) is 0.542. The van der Waals surface area contributed by atoms with E-state index in [4.69, 9.17) is 0 Å². The molecule has 0 aliphatic rings. The van der Waals surface area contributed by atoms with E-state index < -0.39 is 11.4 Å². The second kappa shape index (κ2) is 10.6. The Hall–Kier alpha value is -1.43. The van der Waals surface area contributed by atoms with Crippen LogP contribution >= 0.6 is 22.7 Å². The number of hydrogen-bond acceptors (Lipinski definition) is 4. The van der Waals surface area contributed by atoms with Crippen LogP contribution in [-0.2, 0) is 17.6 Å². The zero-order valence-corrected chi connectivity index (χ0v) is 19.7. The molecule has 2 N–H and O–H groups in total. The van der Waals surface area contributed by atoms with Gasteiger partial charge >= 0.3 is 5.97 Å². The summed E-state index contributed by atoms with van der Waals surface area (Å²) in [6, 6.07) is 8.68. The van der Waals surface area contributed by atoms with Crippen LogP contribution in [0.5, 0.6) is 0 Å². The fourth-order valence-corrected chi connectivity index (χ4v) is 4.95. The van der Waals surface area contributed by atoms with Crippen LogP contribution < -0.4 is 0 Å². The molecule has 0 fully saturated rings. The molecule has 5 heteroatoms. The van der Waals surface area contributed by atoms with Crippen molar-refractivity contribution in [2.45, 2.75) is 66.2 Å². The maximum absolute atomic E-state index is 11.2. The summed E-state index contributed by atoms with van der Waals surface area (Å²) < 4.78 is 0. The van der Waals surface area contributed by atoms with E-state index in [1.807, 2.05) is 11.3 Å². The average molecular weight is 435 g/mol. The van der Waals surface area contributed by atoms with Crippen molar-refractivity contribution in [3.8, 4) is 0 Å². The smallest absolute Gasteiger partial charge is 0.309 e. The van der Waals surface area contributed by atoms with Crippen molar-refractivity contribution in [3.63, 3.8) is 0 Å². The first-order valence-corrected chi connectivity index (χ1v) is 11.9. The number of carboxylic acids is 1. The third-order valence-electron chi connectivity index (χ3n) is 5.29. The molecule has 0 spiro atoms. The summed E-state index contributed by atoms with van der Waals surface area (Å²) in [7, 11) is 0. The minimum absolute atomic E-state index is 0.0141. The number of rotatable bonds is 12. The summed E-state index contributed by atoms with van der Waals surface area (Å²) >= 11 is 3.62. The maximum Gasteiger partial charge on any atom is 0.309 e. The number of aliphatic hydroxyl groups excluding tert-OH is 1. The van der Waals surface area contributed by atoms with Crippen LogP contribution in [0.25, 0.3) is 12.2 Å². The minimum Gasteiger partial charge on any atom is -0.481 e. The van der Waals surface area contributed by atoms with Crippen LogP contribution in [0.4, 0.5) is 0 Å². The molecule has 0 aromatic carbocycles. The predicted octanol–water partition coefficient (Wildman–Crippen LogP) is 6.75. The standard InChI is InChI=1S/C24H34O3S2/c1-23(2,17-25)15-5-7-18-9-11-20(28-18)13-14-21-12-10-19(29-21)8-6-16-24(3,4)22(26)27/h9-14,25H,5-8,15-17H2,1-4H3,(H,26,27). The lowest BCUT2D eigenvalue weighted by molar-refractivity contribution is -0.147. The number of carboxylic acid groups (broad SMARTS) is 1. The highest BCUT2D eigenvalue weighted by molar-refractivity contribution is 7.13.